The van der Waals surface area contributed by atoms with E-state index in [0.717, 1.165) is 12.0 Å². The number of rotatable bonds is 4. The molecule has 1 heterocycles. The van der Waals surface area contributed by atoms with Gasteiger partial charge in [0.15, 0.2) is 0 Å². The molecule has 0 unspecified atom stereocenters. The Hall–Kier alpha value is -1.75. The molecule has 0 bridgehead atoms. The SMILES string of the molecule is CC(C)(C)OC(=O)N1CCC(C(=O)NCCc2cccc(Cl)c2)CC1. The lowest BCUT2D eigenvalue weighted by molar-refractivity contribution is -0.126. The van der Waals surface area contributed by atoms with E-state index in [9.17, 15) is 9.59 Å². The first-order chi connectivity index (χ1) is 11.7. The molecule has 2 amide bonds. The van der Waals surface area contributed by atoms with Gasteiger partial charge in [-0.15, -0.1) is 0 Å². The zero-order chi connectivity index (χ0) is 18.4. The molecule has 1 saturated heterocycles. The molecule has 1 aromatic carbocycles. The lowest BCUT2D eigenvalue weighted by Crippen LogP contribution is -2.45. The maximum atomic E-state index is 12.3. The zero-order valence-corrected chi connectivity index (χ0v) is 15.9. The highest BCUT2D eigenvalue weighted by Gasteiger charge is 2.29. The second kappa shape index (κ2) is 8.56. The van der Waals surface area contributed by atoms with Gasteiger partial charge in [-0.2, -0.15) is 0 Å². The number of piperidine rings is 1. The van der Waals surface area contributed by atoms with Crippen LogP contribution in [0.4, 0.5) is 4.79 Å². The maximum absolute atomic E-state index is 12.3. The lowest BCUT2D eigenvalue weighted by atomic mass is 9.96. The van der Waals surface area contributed by atoms with E-state index >= 15 is 0 Å². The molecule has 1 aliphatic heterocycles. The van der Waals surface area contributed by atoms with Crippen LogP contribution < -0.4 is 5.32 Å². The summed E-state index contributed by atoms with van der Waals surface area (Å²) in [6.07, 6.45) is 1.79. The van der Waals surface area contributed by atoms with Crippen molar-refractivity contribution in [2.24, 2.45) is 5.92 Å². The van der Waals surface area contributed by atoms with E-state index in [1.54, 1.807) is 4.90 Å². The molecule has 5 nitrogen and oxygen atoms in total. The van der Waals surface area contributed by atoms with Crippen molar-refractivity contribution in [3.8, 4) is 0 Å². The molecule has 1 N–H and O–H groups in total. The normalized spacial score (nSPS) is 15.8. The molecule has 0 saturated carbocycles. The van der Waals surface area contributed by atoms with Crippen LogP contribution in [0.15, 0.2) is 24.3 Å². The average Bonchev–Trinajstić information content (AvgIpc) is 2.53. The Morgan fingerprint density at radius 3 is 2.56 bits per heavy atom. The molecular weight excluding hydrogens is 340 g/mol. The predicted octanol–water partition coefficient (Wildman–Crippen LogP) is 3.65. The van der Waals surface area contributed by atoms with Crippen LogP contribution in [-0.4, -0.2) is 42.1 Å². The second-order valence-corrected chi connectivity index (χ2v) is 7.85. The van der Waals surface area contributed by atoms with E-state index in [0.29, 0.717) is 37.5 Å². The molecule has 1 fully saturated rings. The number of hydrogen-bond donors (Lipinski definition) is 1. The highest BCUT2D eigenvalue weighted by Crippen LogP contribution is 2.20. The van der Waals surface area contributed by atoms with E-state index in [2.05, 4.69) is 5.32 Å². The fourth-order valence-electron chi connectivity index (χ4n) is 2.82. The molecule has 0 radical (unpaired) electrons. The predicted molar refractivity (Wildman–Crippen MR) is 98.7 cm³/mol. The van der Waals surface area contributed by atoms with Crippen molar-refractivity contribution in [1.29, 1.82) is 0 Å². The molecule has 2 rings (SSSR count). The third-order valence-corrected chi connectivity index (χ3v) is 4.35. The first-order valence-electron chi connectivity index (χ1n) is 8.75. The van der Waals surface area contributed by atoms with Gasteiger partial charge in [0.25, 0.3) is 0 Å². The first-order valence-corrected chi connectivity index (χ1v) is 9.12. The molecule has 0 atom stereocenters. The van der Waals surface area contributed by atoms with Crippen LogP contribution in [0.5, 0.6) is 0 Å². The summed E-state index contributed by atoms with van der Waals surface area (Å²) in [6, 6.07) is 7.65. The van der Waals surface area contributed by atoms with Gasteiger partial charge in [-0.3, -0.25) is 4.79 Å². The molecular formula is C19H27ClN2O3. The number of amides is 2. The Bertz CT molecular complexity index is 605. The molecule has 138 valence electrons. The number of carbonyl (C=O) groups is 2. The van der Waals surface area contributed by atoms with Gasteiger partial charge in [0.05, 0.1) is 0 Å². The smallest absolute Gasteiger partial charge is 0.410 e. The van der Waals surface area contributed by atoms with Crippen LogP contribution in [0.1, 0.15) is 39.2 Å². The van der Waals surface area contributed by atoms with Crippen molar-refractivity contribution < 1.29 is 14.3 Å². The highest BCUT2D eigenvalue weighted by atomic mass is 35.5. The number of nitrogens with one attached hydrogen (secondary N) is 1. The van der Waals surface area contributed by atoms with Gasteiger partial charge in [-0.1, -0.05) is 23.7 Å². The standard InChI is InChI=1S/C19H27ClN2O3/c1-19(2,3)25-18(24)22-11-8-15(9-12-22)17(23)21-10-7-14-5-4-6-16(20)13-14/h4-6,13,15H,7-12H2,1-3H3,(H,21,23). The van der Waals surface area contributed by atoms with E-state index in [4.69, 9.17) is 16.3 Å². The average molecular weight is 367 g/mol. The molecule has 1 aromatic rings. The third kappa shape index (κ3) is 6.58. The monoisotopic (exact) mass is 366 g/mol. The summed E-state index contributed by atoms with van der Waals surface area (Å²) in [5.41, 5.74) is 0.610. The third-order valence-electron chi connectivity index (χ3n) is 4.12. The zero-order valence-electron chi connectivity index (χ0n) is 15.2. The van der Waals surface area contributed by atoms with Crippen LogP contribution >= 0.6 is 11.6 Å². The summed E-state index contributed by atoms with van der Waals surface area (Å²) < 4.78 is 5.37. The number of ether oxygens (including phenoxy) is 1. The number of benzene rings is 1. The van der Waals surface area contributed by atoms with E-state index in [1.807, 2.05) is 45.0 Å². The van der Waals surface area contributed by atoms with Crippen molar-refractivity contribution in [2.75, 3.05) is 19.6 Å². The second-order valence-electron chi connectivity index (χ2n) is 7.41. The Balaban J connectivity index is 1.71. The maximum Gasteiger partial charge on any atom is 0.410 e. The fraction of sp³-hybridized carbons (Fsp3) is 0.579. The van der Waals surface area contributed by atoms with Gasteiger partial charge in [0.1, 0.15) is 5.60 Å². The molecule has 1 aliphatic rings. The van der Waals surface area contributed by atoms with Crippen molar-refractivity contribution in [1.82, 2.24) is 10.2 Å². The van der Waals surface area contributed by atoms with Gasteiger partial charge < -0.3 is 15.0 Å². The van der Waals surface area contributed by atoms with Crippen molar-refractivity contribution in [3.63, 3.8) is 0 Å². The largest absolute Gasteiger partial charge is 0.444 e. The van der Waals surface area contributed by atoms with Gasteiger partial charge in [-0.25, -0.2) is 4.79 Å². The summed E-state index contributed by atoms with van der Waals surface area (Å²) >= 11 is 5.96. The lowest BCUT2D eigenvalue weighted by Gasteiger charge is -2.32. The number of hydrogen-bond acceptors (Lipinski definition) is 3. The van der Waals surface area contributed by atoms with Gasteiger partial charge in [0, 0.05) is 30.6 Å². The first kappa shape index (κ1) is 19.6. The minimum absolute atomic E-state index is 0.0435. The number of carbonyl (C=O) groups excluding carboxylic acids is 2. The van der Waals surface area contributed by atoms with Gasteiger partial charge in [0.2, 0.25) is 5.91 Å². The van der Waals surface area contributed by atoms with E-state index in [-0.39, 0.29) is 17.9 Å². The van der Waals surface area contributed by atoms with Crippen LogP contribution in [0.3, 0.4) is 0 Å². The summed E-state index contributed by atoms with van der Waals surface area (Å²) in [5, 5.41) is 3.69. The summed E-state index contributed by atoms with van der Waals surface area (Å²) in [7, 11) is 0. The molecule has 0 aromatic heterocycles. The van der Waals surface area contributed by atoms with Gasteiger partial charge in [-0.05, 0) is 57.7 Å². The minimum Gasteiger partial charge on any atom is -0.444 e. The van der Waals surface area contributed by atoms with Crippen LogP contribution in [0.25, 0.3) is 0 Å². The van der Waals surface area contributed by atoms with E-state index < -0.39 is 5.60 Å². The number of nitrogens with zero attached hydrogens (tertiary/aromatic N) is 1. The molecule has 0 aliphatic carbocycles. The van der Waals surface area contributed by atoms with Crippen molar-refractivity contribution in [3.05, 3.63) is 34.9 Å². The number of likely N-dealkylation sites (tertiary alicyclic amines) is 1. The number of halogens is 1. The summed E-state index contributed by atoms with van der Waals surface area (Å²) in [4.78, 5) is 26.0. The van der Waals surface area contributed by atoms with Crippen molar-refractivity contribution in [2.45, 2.75) is 45.6 Å². The van der Waals surface area contributed by atoms with E-state index in [1.165, 1.54) is 0 Å². The summed E-state index contributed by atoms with van der Waals surface area (Å²) in [5.74, 6) is 0.0175. The Morgan fingerprint density at radius 1 is 1.28 bits per heavy atom. The van der Waals surface area contributed by atoms with Gasteiger partial charge >= 0.3 is 6.09 Å². The minimum atomic E-state index is -0.494. The Labute approximate surface area is 154 Å². The molecule has 25 heavy (non-hydrogen) atoms. The van der Waals surface area contributed by atoms with Crippen LogP contribution in [0.2, 0.25) is 5.02 Å². The quantitative estimate of drug-likeness (QED) is 0.884. The summed E-state index contributed by atoms with van der Waals surface area (Å²) in [6.45, 7) is 7.26. The van der Waals surface area contributed by atoms with Crippen LogP contribution in [-0.2, 0) is 16.0 Å². The fourth-order valence-corrected chi connectivity index (χ4v) is 3.03. The molecule has 0 spiro atoms. The van der Waals surface area contributed by atoms with Crippen LogP contribution in [0, 0.1) is 5.92 Å². The Morgan fingerprint density at radius 2 is 1.96 bits per heavy atom. The van der Waals surface area contributed by atoms with Crippen molar-refractivity contribution >= 4 is 23.6 Å². The topological polar surface area (TPSA) is 58.6 Å². The Kier molecular flexibility index (Phi) is 6.71. The highest BCUT2D eigenvalue weighted by molar-refractivity contribution is 6.30. The molecule has 6 heteroatoms.